The topological polar surface area (TPSA) is 73.6 Å². The number of carbonyl (C=O) groups is 1. The molecule has 1 aromatic carbocycles. The van der Waals surface area contributed by atoms with Crippen LogP contribution in [0.5, 0.6) is 0 Å². The molecule has 1 aliphatic rings. The first-order valence-corrected chi connectivity index (χ1v) is 6.77. The van der Waals surface area contributed by atoms with E-state index in [4.69, 9.17) is 15.2 Å². The summed E-state index contributed by atoms with van der Waals surface area (Å²) in [5.41, 5.74) is 7.26. The van der Waals surface area contributed by atoms with E-state index in [-0.39, 0.29) is 17.6 Å². The minimum absolute atomic E-state index is 0.192. The highest BCUT2D eigenvalue weighted by atomic mass is 16.7. The Morgan fingerprint density at radius 2 is 2.00 bits per heavy atom. The molecule has 0 aromatic heterocycles. The van der Waals surface area contributed by atoms with Gasteiger partial charge in [-0.25, -0.2) is 0 Å². The molecule has 1 saturated heterocycles. The van der Waals surface area contributed by atoms with Gasteiger partial charge in [0, 0.05) is 11.3 Å². The van der Waals surface area contributed by atoms with E-state index in [1.807, 2.05) is 45.0 Å². The summed E-state index contributed by atoms with van der Waals surface area (Å²) in [6.07, 6.45) is -0.344. The Hall–Kier alpha value is -1.43. The summed E-state index contributed by atoms with van der Waals surface area (Å²) < 4.78 is 10.9. The first-order chi connectivity index (χ1) is 9.38. The second kappa shape index (κ2) is 5.91. The molecule has 1 heterocycles. The van der Waals surface area contributed by atoms with Crippen molar-refractivity contribution < 1.29 is 14.3 Å². The van der Waals surface area contributed by atoms with Crippen molar-refractivity contribution >= 4 is 11.6 Å². The molecule has 2 rings (SSSR count). The maximum atomic E-state index is 12.1. The van der Waals surface area contributed by atoms with Gasteiger partial charge in [0.1, 0.15) is 0 Å². The first kappa shape index (κ1) is 15.0. The molecule has 110 valence electrons. The molecule has 0 spiro atoms. The minimum atomic E-state index is -0.565. The van der Waals surface area contributed by atoms with Gasteiger partial charge in [-0.15, -0.1) is 0 Å². The SMILES string of the molecule is CC(C)(C)[C@@H](N)C(=O)Nc1cccc(C2OCCO2)c1. The summed E-state index contributed by atoms with van der Waals surface area (Å²) in [4.78, 5) is 12.1. The van der Waals surface area contributed by atoms with Gasteiger partial charge in [0.25, 0.3) is 0 Å². The smallest absolute Gasteiger partial charge is 0.241 e. The maximum absolute atomic E-state index is 12.1. The third-order valence-corrected chi connectivity index (χ3v) is 3.26. The highest BCUT2D eigenvalue weighted by Crippen LogP contribution is 2.26. The highest BCUT2D eigenvalue weighted by Gasteiger charge is 2.27. The number of benzene rings is 1. The zero-order valence-electron chi connectivity index (χ0n) is 12.2. The molecule has 3 N–H and O–H groups in total. The molecular formula is C15H22N2O3. The molecule has 1 amide bonds. The van der Waals surface area contributed by atoms with Gasteiger partial charge < -0.3 is 20.5 Å². The third kappa shape index (κ3) is 3.56. The van der Waals surface area contributed by atoms with Crippen LogP contribution in [-0.2, 0) is 14.3 Å². The average Bonchev–Trinajstić information content (AvgIpc) is 2.91. The second-order valence-corrected chi connectivity index (χ2v) is 6.03. The number of carbonyl (C=O) groups excluding carboxylic acids is 1. The van der Waals surface area contributed by atoms with Gasteiger partial charge in [-0.1, -0.05) is 32.9 Å². The number of nitrogens with two attached hydrogens (primary N) is 1. The number of hydrogen-bond donors (Lipinski definition) is 2. The van der Waals surface area contributed by atoms with Gasteiger partial charge in [0.15, 0.2) is 6.29 Å². The lowest BCUT2D eigenvalue weighted by molar-refractivity contribution is -0.119. The summed E-state index contributed by atoms with van der Waals surface area (Å²) >= 11 is 0. The molecule has 1 aromatic rings. The molecule has 0 radical (unpaired) electrons. The Morgan fingerprint density at radius 1 is 1.35 bits per heavy atom. The van der Waals surface area contributed by atoms with E-state index in [2.05, 4.69) is 5.32 Å². The number of hydrogen-bond acceptors (Lipinski definition) is 4. The lowest BCUT2D eigenvalue weighted by atomic mass is 9.87. The lowest BCUT2D eigenvalue weighted by Gasteiger charge is -2.26. The van der Waals surface area contributed by atoms with E-state index >= 15 is 0 Å². The monoisotopic (exact) mass is 278 g/mol. The van der Waals surface area contributed by atoms with E-state index in [9.17, 15) is 4.79 Å². The van der Waals surface area contributed by atoms with Gasteiger partial charge >= 0.3 is 0 Å². The van der Waals surface area contributed by atoms with Gasteiger partial charge in [-0.3, -0.25) is 4.79 Å². The Bertz CT molecular complexity index is 476. The molecule has 20 heavy (non-hydrogen) atoms. The summed E-state index contributed by atoms with van der Waals surface area (Å²) in [6.45, 7) is 7.00. The molecule has 0 aliphatic carbocycles. The van der Waals surface area contributed by atoms with Crippen molar-refractivity contribution in [3.63, 3.8) is 0 Å². The van der Waals surface area contributed by atoms with Gasteiger partial charge in [-0.2, -0.15) is 0 Å². The number of nitrogens with one attached hydrogen (secondary N) is 1. The Labute approximate surface area is 119 Å². The molecule has 1 atom stereocenters. The van der Waals surface area contributed by atoms with Crippen molar-refractivity contribution in [2.24, 2.45) is 11.1 Å². The summed E-state index contributed by atoms with van der Waals surface area (Å²) in [5, 5.41) is 2.84. The number of anilines is 1. The average molecular weight is 278 g/mol. The van der Waals surface area contributed by atoms with Crippen LogP contribution in [0.2, 0.25) is 0 Å². The van der Waals surface area contributed by atoms with Crippen LogP contribution in [0.25, 0.3) is 0 Å². The number of ether oxygens (including phenoxy) is 2. The van der Waals surface area contributed by atoms with Crippen molar-refractivity contribution in [2.45, 2.75) is 33.1 Å². The van der Waals surface area contributed by atoms with E-state index in [1.54, 1.807) is 0 Å². The van der Waals surface area contributed by atoms with Crippen molar-refractivity contribution in [3.8, 4) is 0 Å². The zero-order chi connectivity index (χ0) is 14.8. The van der Waals surface area contributed by atoms with Crippen LogP contribution in [-0.4, -0.2) is 25.2 Å². The van der Waals surface area contributed by atoms with Gasteiger partial charge in [-0.05, 0) is 17.5 Å². The third-order valence-electron chi connectivity index (χ3n) is 3.26. The largest absolute Gasteiger partial charge is 0.346 e. The van der Waals surface area contributed by atoms with Gasteiger partial charge in [0.2, 0.25) is 5.91 Å². The molecule has 0 unspecified atom stereocenters. The molecule has 0 saturated carbocycles. The Morgan fingerprint density at radius 3 is 2.60 bits per heavy atom. The molecular weight excluding hydrogens is 256 g/mol. The lowest BCUT2D eigenvalue weighted by Crippen LogP contribution is -2.45. The number of amides is 1. The van der Waals surface area contributed by atoms with Crippen molar-refractivity contribution in [3.05, 3.63) is 29.8 Å². The highest BCUT2D eigenvalue weighted by molar-refractivity contribution is 5.95. The van der Waals surface area contributed by atoms with E-state index in [0.717, 1.165) is 5.56 Å². The summed E-state index contributed by atoms with van der Waals surface area (Å²) in [5.74, 6) is -0.192. The first-order valence-electron chi connectivity index (χ1n) is 6.77. The normalized spacial score (nSPS) is 18.0. The fraction of sp³-hybridized carbons (Fsp3) is 0.533. The molecule has 5 nitrogen and oxygen atoms in total. The van der Waals surface area contributed by atoms with Crippen LogP contribution in [0.15, 0.2) is 24.3 Å². The van der Waals surface area contributed by atoms with Crippen LogP contribution < -0.4 is 11.1 Å². The summed E-state index contributed by atoms with van der Waals surface area (Å²) in [7, 11) is 0. The molecule has 5 heteroatoms. The minimum Gasteiger partial charge on any atom is -0.346 e. The van der Waals surface area contributed by atoms with E-state index in [0.29, 0.717) is 18.9 Å². The van der Waals surface area contributed by atoms with Crippen molar-refractivity contribution in [1.82, 2.24) is 0 Å². The molecule has 1 aliphatic heterocycles. The Balaban J connectivity index is 2.06. The van der Waals surface area contributed by atoms with Crippen molar-refractivity contribution in [1.29, 1.82) is 0 Å². The Kier molecular flexibility index (Phi) is 4.42. The number of rotatable bonds is 3. The van der Waals surface area contributed by atoms with E-state index in [1.165, 1.54) is 0 Å². The predicted octanol–water partition coefficient (Wildman–Crippen LogP) is 2.04. The van der Waals surface area contributed by atoms with Gasteiger partial charge in [0.05, 0.1) is 19.3 Å². The molecule has 1 fully saturated rings. The quantitative estimate of drug-likeness (QED) is 0.887. The predicted molar refractivity (Wildman–Crippen MR) is 77.1 cm³/mol. The van der Waals surface area contributed by atoms with Crippen molar-refractivity contribution in [2.75, 3.05) is 18.5 Å². The van der Waals surface area contributed by atoms with E-state index < -0.39 is 6.04 Å². The summed E-state index contributed by atoms with van der Waals surface area (Å²) in [6, 6.07) is 6.88. The van der Waals surface area contributed by atoms with Crippen LogP contribution >= 0.6 is 0 Å². The van der Waals surface area contributed by atoms with Crippen LogP contribution in [0.4, 0.5) is 5.69 Å². The standard InChI is InChI=1S/C15H22N2O3/c1-15(2,3)12(16)13(18)17-11-6-4-5-10(9-11)14-19-7-8-20-14/h4-6,9,12,14H,7-8,16H2,1-3H3,(H,17,18)/t12-/m0/s1. The van der Waals surface area contributed by atoms with Crippen LogP contribution in [0.1, 0.15) is 32.6 Å². The zero-order valence-corrected chi connectivity index (χ0v) is 12.2. The van der Waals surface area contributed by atoms with Crippen LogP contribution in [0, 0.1) is 5.41 Å². The second-order valence-electron chi connectivity index (χ2n) is 6.03. The fourth-order valence-electron chi connectivity index (χ4n) is 1.93. The maximum Gasteiger partial charge on any atom is 0.241 e. The van der Waals surface area contributed by atoms with Crippen LogP contribution in [0.3, 0.4) is 0 Å². The molecule has 0 bridgehead atoms. The fourth-order valence-corrected chi connectivity index (χ4v) is 1.93.